The first kappa shape index (κ1) is 13.6. The summed E-state index contributed by atoms with van der Waals surface area (Å²) in [6.07, 6.45) is 13.9. The van der Waals surface area contributed by atoms with Crippen molar-refractivity contribution in [3.63, 3.8) is 0 Å². The third kappa shape index (κ3) is 4.81. The first-order chi connectivity index (χ1) is 8.84. The Morgan fingerprint density at radius 2 is 1.94 bits per heavy atom. The molecule has 0 saturated heterocycles. The SMILES string of the molecule is O=C(COC1CCCCC1)OCC1CC=CCC1. The van der Waals surface area contributed by atoms with E-state index < -0.39 is 0 Å². The van der Waals surface area contributed by atoms with Gasteiger partial charge in [-0.15, -0.1) is 0 Å². The summed E-state index contributed by atoms with van der Waals surface area (Å²) in [4.78, 5) is 11.6. The summed E-state index contributed by atoms with van der Waals surface area (Å²) in [5, 5.41) is 0. The largest absolute Gasteiger partial charge is 0.464 e. The zero-order chi connectivity index (χ0) is 12.6. The lowest BCUT2D eigenvalue weighted by molar-refractivity contribution is -0.153. The summed E-state index contributed by atoms with van der Waals surface area (Å²) in [5.41, 5.74) is 0. The Balaban J connectivity index is 1.55. The minimum Gasteiger partial charge on any atom is -0.464 e. The van der Waals surface area contributed by atoms with E-state index in [1.165, 1.54) is 19.3 Å². The molecule has 0 aromatic rings. The molecule has 1 saturated carbocycles. The van der Waals surface area contributed by atoms with E-state index in [1.54, 1.807) is 0 Å². The number of hydrogen-bond donors (Lipinski definition) is 0. The maximum Gasteiger partial charge on any atom is 0.332 e. The maximum absolute atomic E-state index is 11.6. The third-order valence-corrected chi connectivity index (χ3v) is 3.85. The highest BCUT2D eigenvalue weighted by Crippen LogP contribution is 2.20. The summed E-state index contributed by atoms with van der Waals surface area (Å²) in [5.74, 6) is 0.309. The van der Waals surface area contributed by atoms with E-state index in [9.17, 15) is 4.79 Å². The van der Waals surface area contributed by atoms with Crippen molar-refractivity contribution < 1.29 is 14.3 Å². The fourth-order valence-electron chi connectivity index (χ4n) is 2.68. The summed E-state index contributed by atoms with van der Waals surface area (Å²) in [6, 6.07) is 0. The van der Waals surface area contributed by atoms with Gasteiger partial charge in [-0.1, -0.05) is 31.4 Å². The van der Waals surface area contributed by atoms with Gasteiger partial charge in [0.05, 0.1) is 12.7 Å². The number of esters is 1. The van der Waals surface area contributed by atoms with Crippen LogP contribution in [0.4, 0.5) is 0 Å². The molecule has 0 spiro atoms. The molecule has 2 aliphatic rings. The highest BCUT2D eigenvalue weighted by Gasteiger charge is 2.17. The van der Waals surface area contributed by atoms with Crippen LogP contribution in [0.15, 0.2) is 12.2 Å². The van der Waals surface area contributed by atoms with Gasteiger partial charge in [0.2, 0.25) is 0 Å². The quantitative estimate of drug-likeness (QED) is 0.556. The molecule has 0 aliphatic heterocycles. The minimum absolute atomic E-state index is 0.132. The lowest BCUT2D eigenvalue weighted by atomic mass is 9.95. The van der Waals surface area contributed by atoms with E-state index in [0.29, 0.717) is 12.5 Å². The predicted octanol–water partition coefficient (Wildman–Crippen LogP) is 3.24. The van der Waals surface area contributed by atoms with E-state index in [0.717, 1.165) is 32.1 Å². The van der Waals surface area contributed by atoms with E-state index in [-0.39, 0.29) is 18.7 Å². The zero-order valence-electron chi connectivity index (χ0n) is 11.1. The van der Waals surface area contributed by atoms with Crippen LogP contribution in [0.2, 0.25) is 0 Å². The van der Waals surface area contributed by atoms with Crippen LogP contribution in [-0.4, -0.2) is 25.3 Å². The molecular formula is C15H24O3. The van der Waals surface area contributed by atoms with E-state index in [4.69, 9.17) is 9.47 Å². The molecule has 0 amide bonds. The van der Waals surface area contributed by atoms with Crippen LogP contribution in [0.3, 0.4) is 0 Å². The Morgan fingerprint density at radius 3 is 2.67 bits per heavy atom. The van der Waals surface area contributed by atoms with Crippen molar-refractivity contribution in [2.24, 2.45) is 5.92 Å². The Labute approximate surface area is 110 Å². The van der Waals surface area contributed by atoms with Crippen molar-refractivity contribution in [1.29, 1.82) is 0 Å². The second-order valence-corrected chi connectivity index (χ2v) is 5.40. The van der Waals surface area contributed by atoms with Gasteiger partial charge in [-0.05, 0) is 38.0 Å². The molecule has 3 nitrogen and oxygen atoms in total. The van der Waals surface area contributed by atoms with Crippen molar-refractivity contribution in [2.75, 3.05) is 13.2 Å². The molecule has 18 heavy (non-hydrogen) atoms. The van der Waals surface area contributed by atoms with E-state index in [1.807, 2.05) is 0 Å². The van der Waals surface area contributed by atoms with Gasteiger partial charge >= 0.3 is 5.97 Å². The standard InChI is InChI=1S/C15H24O3/c16-15(12-17-14-9-5-2-6-10-14)18-11-13-7-3-1-4-8-13/h1,3,13-14H,2,4-12H2. The normalized spacial score (nSPS) is 25.0. The van der Waals surface area contributed by atoms with Gasteiger partial charge in [0.1, 0.15) is 6.61 Å². The molecule has 2 aliphatic carbocycles. The van der Waals surface area contributed by atoms with Crippen molar-refractivity contribution in [3.05, 3.63) is 12.2 Å². The van der Waals surface area contributed by atoms with Crippen molar-refractivity contribution >= 4 is 5.97 Å². The summed E-state index contributed by atoms with van der Waals surface area (Å²) in [7, 11) is 0. The molecule has 2 rings (SSSR count). The molecule has 0 bridgehead atoms. The predicted molar refractivity (Wildman–Crippen MR) is 70.3 cm³/mol. The van der Waals surface area contributed by atoms with Crippen LogP contribution in [-0.2, 0) is 14.3 Å². The van der Waals surface area contributed by atoms with E-state index in [2.05, 4.69) is 12.2 Å². The molecule has 0 N–H and O–H groups in total. The van der Waals surface area contributed by atoms with Crippen molar-refractivity contribution in [1.82, 2.24) is 0 Å². The van der Waals surface area contributed by atoms with Gasteiger partial charge in [0.25, 0.3) is 0 Å². The van der Waals surface area contributed by atoms with Crippen molar-refractivity contribution in [2.45, 2.75) is 57.5 Å². The molecule has 0 heterocycles. The highest BCUT2D eigenvalue weighted by atomic mass is 16.6. The molecular weight excluding hydrogens is 228 g/mol. The van der Waals surface area contributed by atoms with Gasteiger partial charge in [-0.25, -0.2) is 4.79 Å². The lowest BCUT2D eigenvalue weighted by Crippen LogP contribution is -2.23. The molecule has 3 heteroatoms. The molecule has 1 atom stereocenters. The smallest absolute Gasteiger partial charge is 0.332 e. The van der Waals surface area contributed by atoms with Crippen LogP contribution in [0, 0.1) is 5.92 Å². The average Bonchev–Trinajstić information content (AvgIpc) is 2.45. The molecule has 1 fully saturated rings. The summed E-state index contributed by atoms with van der Waals surface area (Å²) >= 11 is 0. The number of allylic oxidation sites excluding steroid dienone is 2. The monoisotopic (exact) mass is 252 g/mol. The van der Waals surface area contributed by atoms with Crippen molar-refractivity contribution in [3.8, 4) is 0 Å². The average molecular weight is 252 g/mol. The summed E-state index contributed by atoms with van der Waals surface area (Å²) < 4.78 is 10.9. The Bertz CT molecular complexity index is 279. The Morgan fingerprint density at radius 1 is 1.11 bits per heavy atom. The topological polar surface area (TPSA) is 35.5 Å². The fourth-order valence-corrected chi connectivity index (χ4v) is 2.68. The van der Waals surface area contributed by atoms with Gasteiger partial charge in [0.15, 0.2) is 0 Å². The second kappa shape index (κ2) is 7.57. The van der Waals surface area contributed by atoms with Gasteiger partial charge in [0, 0.05) is 0 Å². The zero-order valence-corrected chi connectivity index (χ0v) is 11.1. The number of ether oxygens (including phenoxy) is 2. The Kier molecular flexibility index (Phi) is 5.72. The number of carbonyl (C=O) groups excluding carboxylic acids is 1. The molecule has 0 aromatic heterocycles. The van der Waals surface area contributed by atoms with Crippen LogP contribution >= 0.6 is 0 Å². The summed E-state index contributed by atoms with van der Waals surface area (Å²) in [6.45, 7) is 0.685. The van der Waals surface area contributed by atoms with Gasteiger partial charge in [-0.3, -0.25) is 0 Å². The lowest BCUT2D eigenvalue weighted by Gasteiger charge is -2.22. The fraction of sp³-hybridized carbons (Fsp3) is 0.800. The third-order valence-electron chi connectivity index (χ3n) is 3.85. The maximum atomic E-state index is 11.6. The molecule has 1 unspecified atom stereocenters. The molecule has 0 aromatic carbocycles. The van der Waals surface area contributed by atoms with Gasteiger partial charge < -0.3 is 9.47 Å². The second-order valence-electron chi connectivity index (χ2n) is 5.40. The Hall–Kier alpha value is -0.830. The van der Waals surface area contributed by atoms with Gasteiger partial charge in [-0.2, -0.15) is 0 Å². The minimum atomic E-state index is -0.199. The molecule has 0 radical (unpaired) electrons. The number of carbonyl (C=O) groups is 1. The van der Waals surface area contributed by atoms with Crippen LogP contribution in [0.5, 0.6) is 0 Å². The first-order valence-corrected chi connectivity index (χ1v) is 7.27. The van der Waals surface area contributed by atoms with Crippen LogP contribution < -0.4 is 0 Å². The number of hydrogen-bond acceptors (Lipinski definition) is 3. The van der Waals surface area contributed by atoms with E-state index >= 15 is 0 Å². The first-order valence-electron chi connectivity index (χ1n) is 7.27. The number of rotatable bonds is 5. The van der Waals surface area contributed by atoms with Crippen LogP contribution in [0.1, 0.15) is 51.4 Å². The molecule has 102 valence electrons. The van der Waals surface area contributed by atoms with Crippen LogP contribution in [0.25, 0.3) is 0 Å². The highest BCUT2D eigenvalue weighted by molar-refractivity contribution is 5.70.